The number of anilines is 1. The van der Waals surface area contributed by atoms with E-state index in [2.05, 4.69) is 20.8 Å². The zero-order valence-corrected chi connectivity index (χ0v) is 10.9. The molecule has 0 aliphatic rings. The highest BCUT2D eigenvalue weighted by atomic mass is 16.3. The van der Waals surface area contributed by atoms with Crippen molar-refractivity contribution in [1.82, 2.24) is 15.5 Å². The fourth-order valence-electron chi connectivity index (χ4n) is 1.50. The van der Waals surface area contributed by atoms with Crippen LogP contribution in [0.15, 0.2) is 34.9 Å². The molecule has 0 bridgehead atoms. The quantitative estimate of drug-likeness (QED) is 0.857. The maximum atomic E-state index is 11.8. The molecule has 1 amide bonds. The Balaban J connectivity index is 1.92. The van der Waals surface area contributed by atoms with Gasteiger partial charge in [0.2, 0.25) is 0 Å². The van der Waals surface area contributed by atoms with Gasteiger partial charge in [0.25, 0.3) is 5.91 Å². The number of nitrogens with one attached hydrogen (secondary N) is 2. The van der Waals surface area contributed by atoms with Gasteiger partial charge in [-0.25, -0.2) is 0 Å². The average molecular weight is 260 g/mol. The maximum absolute atomic E-state index is 11.8. The first-order chi connectivity index (χ1) is 9.15. The second-order valence-corrected chi connectivity index (χ2v) is 4.36. The van der Waals surface area contributed by atoms with Crippen LogP contribution in [0.25, 0.3) is 0 Å². The summed E-state index contributed by atoms with van der Waals surface area (Å²) in [7, 11) is 0. The number of hydrogen-bond donors (Lipinski definition) is 2. The zero-order chi connectivity index (χ0) is 13.7. The number of hydrogen-bond acceptors (Lipinski definition) is 5. The van der Waals surface area contributed by atoms with E-state index in [0.717, 1.165) is 0 Å². The van der Waals surface area contributed by atoms with Crippen LogP contribution >= 0.6 is 0 Å². The third-order valence-electron chi connectivity index (χ3n) is 2.34. The minimum absolute atomic E-state index is 0.271. The fourth-order valence-corrected chi connectivity index (χ4v) is 1.50. The molecule has 2 aromatic heterocycles. The van der Waals surface area contributed by atoms with Crippen molar-refractivity contribution in [1.29, 1.82) is 0 Å². The van der Waals surface area contributed by atoms with E-state index in [9.17, 15) is 4.79 Å². The van der Waals surface area contributed by atoms with Gasteiger partial charge >= 0.3 is 0 Å². The number of aromatic nitrogens is 2. The van der Waals surface area contributed by atoms with E-state index < -0.39 is 0 Å². The number of carbonyl (C=O) groups excluding carboxylic acids is 1. The first-order valence-corrected chi connectivity index (χ1v) is 6.06. The van der Waals surface area contributed by atoms with Crippen LogP contribution < -0.4 is 10.6 Å². The van der Waals surface area contributed by atoms with Crippen molar-refractivity contribution >= 4 is 11.7 Å². The Hall–Kier alpha value is -2.37. The van der Waals surface area contributed by atoms with Crippen LogP contribution in [0.3, 0.4) is 0 Å². The van der Waals surface area contributed by atoms with Crippen LogP contribution in [0, 0.1) is 0 Å². The van der Waals surface area contributed by atoms with Gasteiger partial charge in [-0.05, 0) is 38.1 Å². The number of amides is 1. The van der Waals surface area contributed by atoms with Gasteiger partial charge in [0.15, 0.2) is 5.69 Å². The summed E-state index contributed by atoms with van der Waals surface area (Å²) in [6.07, 6.45) is 1.56. The summed E-state index contributed by atoms with van der Waals surface area (Å²) in [5.74, 6) is 1.07. The van der Waals surface area contributed by atoms with E-state index >= 15 is 0 Å². The predicted molar refractivity (Wildman–Crippen MR) is 70.7 cm³/mol. The Kier molecular flexibility index (Phi) is 4.12. The lowest BCUT2D eigenvalue weighted by Gasteiger charge is -2.08. The van der Waals surface area contributed by atoms with Gasteiger partial charge in [0, 0.05) is 6.04 Å². The lowest BCUT2D eigenvalue weighted by atomic mass is 10.3. The van der Waals surface area contributed by atoms with Crippen molar-refractivity contribution < 1.29 is 9.21 Å². The highest BCUT2D eigenvalue weighted by Crippen LogP contribution is 2.04. The first-order valence-electron chi connectivity index (χ1n) is 6.06. The zero-order valence-electron chi connectivity index (χ0n) is 10.9. The standard InChI is InChI=1S/C13H16N4O2/c1-9(2)15-12-6-5-11(16-17-12)13(18)14-8-10-4-3-7-19-10/h3-7,9H,8H2,1-2H3,(H,14,18)(H,15,17). The monoisotopic (exact) mass is 260 g/mol. The van der Waals surface area contributed by atoms with Crippen molar-refractivity contribution in [3.05, 3.63) is 42.0 Å². The SMILES string of the molecule is CC(C)Nc1ccc(C(=O)NCc2ccco2)nn1. The molecule has 2 heterocycles. The minimum Gasteiger partial charge on any atom is -0.467 e. The molecule has 0 atom stereocenters. The van der Waals surface area contributed by atoms with E-state index in [1.165, 1.54) is 0 Å². The molecule has 0 radical (unpaired) electrons. The third-order valence-corrected chi connectivity index (χ3v) is 2.34. The van der Waals surface area contributed by atoms with Crippen LogP contribution in [0.1, 0.15) is 30.1 Å². The molecule has 19 heavy (non-hydrogen) atoms. The largest absolute Gasteiger partial charge is 0.467 e. The summed E-state index contributed by atoms with van der Waals surface area (Å²) in [6.45, 7) is 4.34. The third kappa shape index (κ3) is 3.80. The van der Waals surface area contributed by atoms with Gasteiger partial charge in [-0.2, -0.15) is 0 Å². The molecule has 2 aromatic rings. The molecule has 6 heteroatoms. The van der Waals surface area contributed by atoms with E-state index in [0.29, 0.717) is 18.1 Å². The number of rotatable bonds is 5. The lowest BCUT2D eigenvalue weighted by Crippen LogP contribution is -2.24. The van der Waals surface area contributed by atoms with E-state index in [1.54, 1.807) is 30.5 Å². The van der Waals surface area contributed by atoms with Gasteiger partial charge in [-0.15, -0.1) is 10.2 Å². The summed E-state index contributed by atoms with van der Waals surface area (Å²) in [5.41, 5.74) is 0.279. The molecule has 0 saturated carbocycles. The smallest absolute Gasteiger partial charge is 0.272 e. The Morgan fingerprint density at radius 2 is 2.16 bits per heavy atom. The van der Waals surface area contributed by atoms with Gasteiger partial charge in [0.05, 0.1) is 12.8 Å². The highest BCUT2D eigenvalue weighted by Gasteiger charge is 2.08. The molecule has 0 aliphatic heterocycles. The van der Waals surface area contributed by atoms with Crippen molar-refractivity contribution in [3.63, 3.8) is 0 Å². The molecule has 0 unspecified atom stereocenters. The molecular formula is C13H16N4O2. The van der Waals surface area contributed by atoms with Crippen LogP contribution in [-0.2, 0) is 6.54 Å². The summed E-state index contributed by atoms with van der Waals surface area (Å²) in [4.78, 5) is 11.8. The van der Waals surface area contributed by atoms with Gasteiger partial charge in [-0.3, -0.25) is 4.79 Å². The highest BCUT2D eigenvalue weighted by molar-refractivity contribution is 5.92. The number of carbonyl (C=O) groups is 1. The van der Waals surface area contributed by atoms with Crippen LogP contribution in [0.2, 0.25) is 0 Å². The maximum Gasteiger partial charge on any atom is 0.272 e. The Labute approximate surface area is 111 Å². The molecule has 0 saturated heterocycles. The average Bonchev–Trinajstić information content (AvgIpc) is 2.89. The molecule has 0 aliphatic carbocycles. The summed E-state index contributed by atoms with van der Waals surface area (Å²) >= 11 is 0. The van der Waals surface area contributed by atoms with Gasteiger partial charge in [-0.1, -0.05) is 0 Å². The van der Waals surface area contributed by atoms with Crippen molar-refractivity contribution in [2.45, 2.75) is 26.4 Å². The fraction of sp³-hybridized carbons (Fsp3) is 0.308. The first kappa shape index (κ1) is 13.1. The van der Waals surface area contributed by atoms with E-state index in [1.807, 2.05) is 13.8 Å². The summed E-state index contributed by atoms with van der Waals surface area (Å²) < 4.78 is 5.12. The molecule has 0 spiro atoms. The summed E-state index contributed by atoms with van der Waals surface area (Å²) in [6, 6.07) is 7.20. The molecular weight excluding hydrogens is 244 g/mol. The molecule has 6 nitrogen and oxygen atoms in total. The van der Waals surface area contributed by atoms with Crippen LogP contribution in [0.4, 0.5) is 5.82 Å². The molecule has 2 rings (SSSR count). The van der Waals surface area contributed by atoms with Crippen molar-refractivity contribution in [2.75, 3.05) is 5.32 Å². The second-order valence-electron chi connectivity index (χ2n) is 4.36. The molecule has 0 aromatic carbocycles. The Morgan fingerprint density at radius 1 is 1.32 bits per heavy atom. The number of furan rings is 1. The predicted octanol–water partition coefficient (Wildman–Crippen LogP) is 1.82. The summed E-state index contributed by atoms with van der Waals surface area (Å²) in [5, 5.41) is 13.6. The van der Waals surface area contributed by atoms with Crippen molar-refractivity contribution in [3.8, 4) is 0 Å². The van der Waals surface area contributed by atoms with Crippen LogP contribution in [0.5, 0.6) is 0 Å². The Morgan fingerprint density at radius 3 is 2.74 bits per heavy atom. The van der Waals surface area contributed by atoms with Gasteiger partial charge in [0.1, 0.15) is 11.6 Å². The Bertz CT molecular complexity index is 520. The van der Waals surface area contributed by atoms with Gasteiger partial charge < -0.3 is 15.1 Å². The molecule has 0 fully saturated rings. The second kappa shape index (κ2) is 5.99. The molecule has 100 valence electrons. The normalized spacial score (nSPS) is 10.5. The number of nitrogens with zero attached hydrogens (tertiary/aromatic N) is 2. The molecule has 2 N–H and O–H groups in total. The van der Waals surface area contributed by atoms with E-state index in [-0.39, 0.29) is 17.6 Å². The minimum atomic E-state index is -0.278. The van der Waals surface area contributed by atoms with Crippen LogP contribution in [-0.4, -0.2) is 22.1 Å². The lowest BCUT2D eigenvalue weighted by molar-refractivity contribution is 0.0942. The van der Waals surface area contributed by atoms with Crippen molar-refractivity contribution in [2.24, 2.45) is 0 Å². The van der Waals surface area contributed by atoms with E-state index in [4.69, 9.17) is 4.42 Å². The topological polar surface area (TPSA) is 80.0 Å².